The van der Waals surface area contributed by atoms with E-state index in [2.05, 4.69) is 31.4 Å². The maximum atomic E-state index is 3.24. The summed E-state index contributed by atoms with van der Waals surface area (Å²) in [5, 5.41) is 3.24. The van der Waals surface area contributed by atoms with Crippen molar-refractivity contribution in [3.05, 3.63) is 12.3 Å². The smallest absolute Gasteiger partial charge is 0.0141 e. The van der Waals surface area contributed by atoms with E-state index in [1.165, 1.54) is 19.3 Å². The lowest BCUT2D eigenvalue weighted by molar-refractivity contribution is 0.682. The molecule has 0 rings (SSSR count). The van der Waals surface area contributed by atoms with E-state index < -0.39 is 0 Å². The van der Waals surface area contributed by atoms with Gasteiger partial charge in [0.2, 0.25) is 0 Å². The Balaban J connectivity index is 0. The first-order valence-electron chi connectivity index (χ1n) is 4.30. The van der Waals surface area contributed by atoms with Crippen molar-refractivity contribution in [3.63, 3.8) is 0 Å². The Bertz CT molecular complexity index is 81.6. The van der Waals surface area contributed by atoms with Gasteiger partial charge in [0, 0.05) is 6.54 Å². The zero-order chi connectivity index (χ0) is 7.66. The molecule has 0 atom stereocenters. The highest BCUT2D eigenvalue weighted by Gasteiger charge is 1.80. The molecular weight excluding hydrogens is 158 g/mol. The number of rotatable bonds is 6. The second-order valence-corrected chi connectivity index (χ2v) is 2.47. The van der Waals surface area contributed by atoms with Crippen molar-refractivity contribution in [3.8, 4) is 0 Å². The van der Waals surface area contributed by atoms with Crippen LogP contribution in [0.1, 0.15) is 39.5 Å². The highest BCUT2D eigenvalue weighted by molar-refractivity contribution is 5.85. The monoisotopic (exact) mass is 177 g/mol. The second-order valence-electron chi connectivity index (χ2n) is 2.47. The van der Waals surface area contributed by atoms with E-state index in [1.54, 1.807) is 0 Å². The number of nitrogens with one attached hydrogen (secondary N) is 1. The van der Waals surface area contributed by atoms with Crippen molar-refractivity contribution in [1.29, 1.82) is 0 Å². The summed E-state index contributed by atoms with van der Waals surface area (Å²) in [6.07, 6.45) is 9.26. The molecule has 0 aromatic carbocycles. The number of allylic oxidation sites excluding steroid dienone is 1. The molecule has 0 amide bonds. The summed E-state index contributed by atoms with van der Waals surface area (Å²) >= 11 is 0. The molecule has 0 aliphatic heterocycles. The average Bonchev–Trinajstić information content (AvgIpc) is 1.97. The van der Waals surface area contributed by atoms with Gasteiger partial charge in [-0.3, -0.25) is 0 Å². The molecule has 0 aromatic heterocycles. The van der Waals surface area contributed by atoms with Crippen LogP contribution in [0.2, 0.25) is 0 Å². The fraction of sp³-hybridized carbons (Fsp3) is 0.778. The zero-order valence-electron chi connectivity index (χ0n) is 7.60. The van der Waals surface area contributed by atoms with Gasteiger partial charge in [-0.05, 0) is 19.0 Å². The molecular formula is C9H20ClN. The third-order valence-corrected chi connectivity index (χ3v) is 1.40. The maximum absolute atomic E-state index is 3.24. The van der Waals surface area contributed by atoms with Crippen molar-refractivity contribution in [2.24, 2.45) is 0 Å². The predicted octanol–water partition coefficient (Wildman–Crippen LogP) is 3.11. The van der Waals surface area contributed by atoms with Crippen LogP contribution >= 0.6 is 12.4 Å². The van der Waals surface area contributed by atoms with Crippen LogP contribution in [0.15, 0.2) is 12.3 Å². The Labute approximate surface area is 76.7 Å². The fourth-order valence-corrected chi connectivity index (χ4v) is 0.762. The number of halogens is 1. The van der Waals surface area contributed by atoms with Crippen molar-refractivity contribution in [2.45, 2.75) is 39.5 Å². The van der Waals surface area contributed by atoms with E-state index in [9.17, 15) is 0 Å². The van der Waals surface area contributed by atoms with Gasteiger partial charge in [-0.15, -0.1) is 12.4 Å². The first-order chi connectivity index (χ1) is 4.91. The average molecular weight is 178 g/mol. The molecule has 11 heavy (non-hydrogen) atoms. The summed E-state index contributed by atoms with van der Waals surface area (Å²) in [5.74, 6) is 0. The Morgan fingerprint density at radius 3 is 2.45 bits per heavy atom. The molecule has 0 aliphatic carbocycles. The minimum absolute atomic E-state index is 0. The van der Waals surface area contributed by atoms with Crippen LogP contribution in [0.5, 0.6) is 0 Å². The lowest BCUT2D eigenvalue weighted by Crippen LogP contribution is -2.05. The molecule has 0 saturated carbocycles. The SMILES string of the molecule is CCC=CNCCCCC.Cl. The summed E-state index contributed by atoms with van der Waals surface area (Å²) < 4.78 is 0. The Morgan fingerprint density at radius 1 is 1.18 bits per heavy atom. The number of unbranched alkanes of at least 4 members (excludes halogenated alkanes) is 2. The first-order valence-corrected chi connectivity index (χ1v) is 4.30. The summed E-state index contributed by atoms with van der Waals surface area (Å²) in [7, 11) is 0. The molecule has 0 spiro atoms. The van der Waals surface area contributed by atoms with Gasteiger partial charge >= 0.3 is 0 Å². The highest BCUT2D eigenvalue weighted by atomic mass is 35.5. The minimum Gasteiger partial charge on any atom is -0.391 e. The summed E-state index contributed by atoms with van der Waals surface area (Å²) in [6.45, 7) is 5.50. The third kappa shape index (κ3) is 12.9. The third-order valence-electron chi connectivity index (χ3n) is 1.40. The molecule has 0 heterocycles. The van der Waals surface area contributed by atoms with E-state index in [1.807, 2.05) is 0 Å². The molecule has 0 aliphatic rings. The quantitative estimate of drug-likeness (QED) is 0.615. The Hall–Kier alpha value is -0.170. The first kappa shape index (κ1) is 13.4. The molecule has 0 aromatic rings. The zero-order valence-corrected chi connectivity index (χ0v) is 8.41. The summed E-state index contributed by atoms with van der Waals surface area (Å²) in [4.78, 5) is 0. The molecule has 0 fully saturated rings. The van der Waals surface area contributed by atoms with E-state index in [4.69, 9.17) is 0 Å². The van der Waals surface area contributed by atoms with E-state index in [0.717, 1.165) is 13.0 Å². The van der Waals surface area contributed by atoms with Crippen molar-refractivity contribution < 1.29 is 0 Å². The largest absolute Gasteiger partial charge is 0.391 e. The normalized spacial score (nSPS) is 9.64. The van der Waals surface area contributed by atoms with Gasteiger partial charge in [-0.25, -0.2) is 0 Å². The van der Waals surface area contributed by atoms with Crippen LogP contribution in [0.4, 0.5) is 0 Å². The molecule has 1 N–H and O–H groups in total. The van der Waals surface area contributed by atoms with Gasteiger partial charge < -0.3 is 5.32 Å². The minimum atomic E-state index is 0. The fourth-order valence-electron chi connectivity index (χ4n) is 0.762. The topological polar surface area (TPSA) is 12.0 Å². The highest BCUT2D eigenvalue weighted by Crippen LogP contribution is 1.90. The standard InChI is InChI=1S/C9H19N.ClH/c1-3-5-7-9-10-8-6-4-2;/h6,8,10H,3-5,7,9H2,1-2H3;1H. The number of hydrogen-bond donors (Lipinski definition) is 1. The van der Waals surface area contributed by atoms with Gasteiger partial charge in [0.15, 0.2) is 0 Å². The van der Waals surface area contributed by atoms with Crippen molar-refractivity contribution in [1.82, 2.24) is 5.32 Å². The predicted molar refractivity (Wildman–Crippen MR) is 54.2 cm³/mol. The molecule has 1 nitrogen and oxygen atoms in total. The lowest BCUT2D eigenvalue weighted by atomic mass is 10.2. The molecule has 0 radical (unpaired) electrons. The Morgan fingerprint density at radius 2 is 1.91 bits per heavy atom. The van der Waals surface area contributed by atoms with E-state index in [0.29, 0.717) is 0 Å². The van der Waals surface area contributed by atoms with Gasteiger partial charge in [-0.2, -0.15) is 0 Å². The van der Waals surface area contributed by atoms with Gasteiger partial charge in [-0.1, -0.05) is 32.8 Å². The van der Waals surface area contributed by atoms with E-state index in [-0.39, 0.29) is 12.4 Å². The molecule has 68 valence electrons. The molecule has 0 bridgehead atoms. The molecule has 0 unspecified atom stereocenters. The van der Waals surface area contributed by atoms with Gasteiger partial charge in [0.1, 0.15) is 0 Å². The van der Waals surface area contributed by atoms with Crippen LogP contribution in [-0.2, 0) is 0 Å². The van der Waals surface area contributed by atoms with Crippen LogP contribution in [0.3, 0.4) is 0 Å². The second kappa shape index (κ2) is 12.5. The molecule has 0 saturated heterocycles. The Kier molecular flexibility index (Phi) is 15.3. The molecule has 2 heteroatoms. The van der Waals surface area contributed by atoms with Crippen LogP contribution in [0.25, 0.3) is 0 Å². The van der Waals surface area contributed by atoms with Crippen LogP contribution in [0, 0.1) is 0 Å². The number of hydrogen-bond acceptors (Lipinski definition) is 1. The van der Waals surface area contributed by atoms with Crippen molar-refractivity contribution in [2.75, 3.05) is 6.54 Å². The summed E-state index contributed by atoms with van der Waals surface area (Å²) in [6, 6.07) is 0. The van der Waals surface area contributed by atoms with Gasteiger partial charge in [0.25, 0.3) is 0 Å². The van der Waals surface area contributed by atoms with Crippen LogP contribution < -0.4 is 5.32 Å². The maximum Gasteiger partial charge on any atom is 0.0141 e. The summed E-state index contributed by atoms with van der Waals surface area (Å²) in [5.41, 5.74) is 0. The van der Waals surface area contributed by atoms with Crippen molar-refractivity contribution >= 4 is 12.4 Å². The van der Waals surface area contributed by atoms with Gasteiger partial charge in [0.05, 0.1) is 0 Å². The van der Waals surface area contributed by atoms with E-state index >= 15 is 0 Å². The van der Waals surface area contributed by atoms with Crippen LogP contribution in [-0.4, -0.2) is 6.54 Å². The lowest BCUT2D eigenvalue weighted by Gasteiger charge is -1.97.